The quantitative estimate of drug-likeness (QED) is 0.338. The fraction of sp³-hybridized carbons (Fsp3) is 0.516. The molecule has 1 amide bonds. The maximum absolute atomic E-state index is 12.9. The fourth-order valence-corrected chi connectivity index (χ4v) is 6.03. The lowest BCUT2D eigenvalue weighted by atomic mass is 9.78. The van der Waals surface area contributed by atoms with Gasteiger partial charge < -0.3 is 19.3 Å². The SMILES string of the molecule is CC(C)(C)c1cc(Cn2c(O)c(N=NC(=O)C[N+]34CCN(CC3)CC4)c3ccccc32)cc(C(C)(C)C)c1O. The summed E-state index contributed by atoms with van der Waals surface area (Å²) in [5.74, 6) is 0.0636. The summed E-state index contributed by atoms with van der Waals surface area (Å²) in [7, 11) is 0. The Hall–Kier alpha value is -3.23. The van der Waals surface area contributed by atoms with Crippen LogP contribution < -0.4 is 0 Å². The maximum atomic E-state index is 12.9. The Bertz CT molecular complexity index is 1380. The molecule has 8 heteroatoms. The van der Waals surface area contributed by atoms with Crippen molar-refractivity contribution in [1.29, 1.82) is 0 Å². The lowest BCUT2D eigenvalue weighted by molar-refractivity contribution is -0.933. The van der Waals surface area contributed by atoms with Gasteiger partial charge in [-0.3, -0.25) is 9.69 Å². The topological polar surface area (TPSA) is 90.4 Å². The summed E-state index contributed by atoms with van der Waals surface area (Å²) in [6.45, 7) is 19.3. The molecule has 8 nitrogen and oxygen atoms in total. The number of quaternary nitrogens is 1. The molecule has 2 N–H and O–H groups in total. The summed E-state index contributed by atoms with van der Waals surface area (Å²) < 4.78 is 2.60. The van der Waals surface area contributed by atoms with Crippen LogP contribution in [0.4, 0.5) is 5.69 Å². The first kappa shape index (κ1) is 27.3. The van der Waals surface area contributed by atoms with Crippen LogP contribution in [-0.4, -0.2) is 75.9 Å². The summed E-state index contributed by atoms with van der Waals surface area (Å²) in [5.41, 5.74) is 3.33. The molecule has 6 rings (SSSR count). The third kappa shape index (κ3) is 5.32. The fourth-order valence-electron chi connectivity index (χ4n) is 6.03. The predicted octanol–water partition coefficient (Wildman–Crippen LogP) is 5.45. The number of piperazine rings is 3. The summed E-state index contributed by atoms with van der Waals surface area (Å²) in [4.78, 5) is 15.4. The third-order valence-electron chi connectivity index (χ3n) is 8.45. The number of aromatic nitrogens is 1. The number of amides is 1. The van der Waals surface area contributed by atoms with E-state index in [0.29, 0.717) is 24.5 Å². The van der Waals surface area contributed by atoms with Crippen LogP contribution in [0.25, 0.3) is 10.9 Å². The van der Waals surface area contributed by atoms with E-state index in [9.17, 15) is 15.0 Å². The van der Waals surface area contributed by atoms with Gasteiger partial charge in [0.15, 0.2) is 12.2 Å². The lowest BCUT2D eigenvalue weighted by Crippen LogP contribution is -2.68. The van der Waals surface area contributed by atoms with Crippen LogP contribution in [0.1, 0.15) is 58.2 Å². The number of carbonyl (C=O) groups excluding carboxylic acids is 1. The van der Waals surface area contributed by atoms with Gasteiger partial charge in [-0.15, -0.1) is 10.2 Å². The largest absolute Gasteiger partial charge is 0.507 e. The molecule has 0 aliphatic carbocycles. The van der Waals surface area contributed by atoms with Gasteiger partial charge >= 0.3 is 5.91 Å². The number of nitrogens with zero attached hydrogens (tertiary/aromatic N) is 5. The summed E-state index contributed by atoms with van der Waals surface area (Å²) >= 11 is 0. The average Bonchev–Trinajstić information content (AvgIpc) is 3.13. The summed E-state index contributed by atoms with van der Waals surface area (Å²) in [5, 5.41) is 31.6. The van der Waals surface area contributed by atoms with Gasteiger partial charge in [0.05, 0.1) is 31.7 Å². The zero-order valence-corrected chi connectivity index (χ0v) is 24.2. The first-order valence-corrected chi connectivity index (χ1v) is 14.0. The molecule has 1 aromatic heterocycles. The standard InChI is InChI=1S/C31H41N5O3/c1-30(2,3)23-17-21(18-24(28(23)38)31(4,5)6)19-35-25-10-8-7-9-22(25)27(29(35)39)33-32-26(37)20-36-14-11-34(12-15-36)13-16-36/h7-10,17-18H,11-16,19-20H2,1-6H3,(H-,32,37,38,39)/p+1. The highest BCUT2D eigenvalue weighted by Gasteiger charge is 2.40. The van der Waals surface area contributed by atoms with Crippen LogP contribution in [0.5, 0.6) is 11.6 Å². The molecule has 0 saturated carbocycles. The highest BCUT2D eigenvalue weighted by molar-refractivity contribution is 5.95. The van der Waals surface area contributed by atoms with E-state index < -0.39 is 0 Å². The number of carbonyl (C=O) groups is 1. The van der Waals surface area contributed by atoms with Crippen molar-refractivity contribution >= 4 is 22.5 Å². The number of azo groups is 1. The van der Waals surface area contributed by atoms with Crippen LogP contribution in [-0.2, 0) is 22.2 Å². The minimum Gasteiger partial charge on any atom is -0.507 e. The smallest absolute Gasteiger partial charge is 0.319 e. The first-order chi connectivity index (χ1) is 18.3. The molecule has 3 saturated heterocycles. The summed E-state index contributed by atoms with van der Waals surface area (Å²) in [6.07, 6.45) is 0. The van der Waals surface area contributed by atoms with Gasteiger partial charge in [-0.05, 0) is 45.7 Å². The molecular formula is C31H42N5O3+. The maximum Gasteiger partial charge on any atom is 0.319 e. The molecule has 3 fully saturated rings. The zero-order valence-electron chi connectivity index (χ0n) is 24.2. The van der Waals surface area contributed by atoms with Crippen molar-refractivity contribution in [2.24, 2.45) is 10.2 Å². The first-order valence-electron chi connectivity index (χ1n) is 14.0. The van der Waals surface area contributed by atoms with Gasteiger partial charge in [0.2, 0.25) is 5.88 Å². The second-order valence-corrected chi connectivity index (χ2v) is 13.4. The van der Waals surface area contributed by atoms with Gasteiger partial charge in [0, 0.05) is 25.0 Å². The minimum absolute atomic E-state index is 0.0194. The number of fused-ring (bicyclic) bond motifs is 4. The Labute approximate surface area is 231 Å². The molecule has 208 valence electrons. The molecule has 3 aromatic rings. The minimum atomic E-state index is -0.256. The van der Waals surface area contributed by atoms with Crippen LogP contribution in [0.15, 0.2) is 46.6 Å². The van der Waals surface area contributed by atoms with E-state index in [1.54, 1.807) is 0 Å². The predicted molar refractivity (Wildman–Crippen MR) is 154 cm³/mol. The summed E-state index contributed by atoms with van der Waals surface area (Å²) in [6, 6.07) is 11.7. The van der Waals surface area contributed by atoms with E-state index in [2.05, 4.69) is 56.7 Å². The van der Waals surface area contributed by atoms with E-state index in [-0.39, 0.29) is 22.6 Å². The van der Waals surface area contributed by atoms with Crippen molar-refractivity contribution in [1.82, 2.24) is 9.47 Å². The molecule has 0 atom stereocenters. The highest BCUT2D eigenvalue weighted by Crippen LogP contribution is 2.42. The van der Waals surface area contributed by atoms with Crippen molar-refractivity contribution in [3.63, 3.8) is 0 Å². The van der Waals surface area contributed by atoms with Gasteiger partial charge in [0.25, 0.3) is 0 Å². The van der Waals surface area contributed by atoms with Crippen LogP contribution in [0, 0.1) is 0 Å². The van der Waals surface area contributed by atoms with Gasteiger partial charge in [-0.1, -0.05) is 59.7 Å². The van der Waals surface area contributed by atoms with Crippen molar-refractivity contribution in [3.05, 3.63) is 53.1 Å². The molecule has 4 heterocycles. The Morgan fingerprint density at radius 2 is 1.49 bits per heavy atom. The Balaban J connectivity index is 1.49. The number of phenolic OH excluding ortho intramolecular Hbond substituents is 1. The van der Waals surface area contributed by atoms with Crippen molar-refractivity contribution in [2.45, 2.75) is 58.9 Å². The van der Waals surface area contributed by atoms with Crippen molar-refractivity contribution in [2.75, 3.05) is 45.8 Å². The molecule has 0 spiro atoms. The number of phenols is 1. The molecule has 3 aliphatic heterocycles. The van der Waals surface area contributed by atoms with E-state index in [4.69, 9.17) is 0 Å². The molecule has 3 aliphatic rings. The molecule has 0 unspecified atom stereocenters. The highest BCUT2D eigenvalue weighted by atomic mass is 16.3. The molecule has 2 bridgehead atoms. The number of para-hydroxylation sites is 1. The van der Waals surface area contributed by atoms with Gasteiger partial charge in [-0.25, -0.2) is 0 Å². The van der Waals surface area contributed by atoms with Gasteiger partial charge in [0.1, 0.15) is 5.75 Å². The number of benzene rings is 2. The second kappa shape index (κ2) is 9.75. The zero-order chi connectivity index (χ0) is 28.2. The number of hydrogen-bond acceptors (Lipinski definition) is 5. The Morgan fingerprint density at radius 1 is 0.923 bits per heavy atom. The van der Waals surface area contributed by atoms with Gasteiger partial charge in [-0.2, -0.15) is 0 Å². The number of aromatic hydroxyl groups is 2. The number of rotatable bonds is 5. The van der Waals surface area contributed by atoms with Crippen LogP contribution >= 0.6 is 0 Å². The lowest BCUT2D eigenvalue weighted by Gasteiger charge is -2.49. The second-order valence-electron chi connectivity index (χ2n) is 13.4. The molecule has 39 heavy (non-hydrogen) atoms. The number of hydrogen-bond donors (Lipinski definition) is 2. The Morgan fingerprint density at radius 3 is 2.05 bits per heavy atom. The van der Waals surface area contributed by atoms with Crippen LogP contribution in [0.3, 0.4) is 0 Å². The van der Waals surface area contributed by atoms with Crippen molar-refractivity contribution < 1.29 is 19.5 Å². The molecular weight excluding hydrogens is 490 g/mol. The Kier molecular flexibility index (Phi) is 6.84. The monoisotopic (exact) mass is 532 g/mol. The van der Waals surface area contributed by atoms with E-state index >= 15 is 0 Å². The third-order valence-corrected chi connectivity index (χ3v) is 8.45. The van der Waals surface area contributed by atoms with E-state index in [0.717, 1.165) is 71.3 Å². The normalized spacial score (nSPS) is 21.7. The molecule has 2 aromatic carbocycles. The average molecular weight is 533 g/mol. The van der Waals surface area contributed by atoms with Crippen LogP contribution in [0.2, 0.25) is 0 Å². The van der Waals surface area contributed by atoms with Crippen molar-refractivity contribution in [3.8, 4) is 11.6 Å². The van der Waals surface area contributed by atoms with E-state index in [1.165, 1.54) is 0 Å². The molecule has 0 radical (unpaired) electrons. The van der Waals surface area contributed by atoms with E-state index in [1.807, 2.05) is 41.0 Å².